The summed E-state index contributed by atoms with van der Waals surface area (Å²) in [5.41, 5.74) is 5.10. The van der Waals surface area contributed by atoms with Crippen molar-refractivity contribution in [2.24, 2.45) is 18.1 Å². The number of anilines is 1. The number of nitrogens with one attached hydrogen (secondary N) is 1. The molecular weight excluding hydrogens is 447 g/mol. The predicted octanol–water partition coefficient (Wildman–Crippen LogP) is 5.55. The molecule has 1 amide bonds. The lowest BCUT2D eigenvalue weighted by atomic mass is 9.93. The number of carbonyl (C=O) groups excluding carboxylic acids is 1. The third kappa shape index (κ3) is 5.42. The minimum Gasteiger partial charge on any atom is -0.411 e. The average Bonchev–Trinajstić information content (AvgIpc) is 3.59. The zero-order chi connectivity index (χ0) is 25.9. The van der Waals surface area contributed by atoms with Gasteiger partial charge in [0, 0.05) is 30.3 Å². The Balaban J connectivity index is 2.04. The first-order valence-corrected chi connectivity index (χ1v) is 11.9. The van der Waals surface area contributed by atoms with E-state index in [0.717, 1.165) is 34.1 Å². The highest BCUT2D eigenvalue weighted by molar-refractivity contribution is 6.03. The molecule has 0 aromatic carbocycles. The van der Waals surface area contributed by atoms with E-state index in [0.29, 0.717) is 23.2 Å². The third-order valence-electron chi connectivity index (χ3n) is 6.53. The van der Waals surface area contributed by atoms with Gasteiger partial charge >= 0.3 is 0 Å². The van der Waals surface area contributed by atoms with E-state index in [9.17, 15) is 19.2 Å². The van der Waals surface area contributed by atoms with Crippen molar-refractivity contribution < 1.29 is 14.4 Å². The topological polar surface area (TPSA) is 96.6 Å². The Labute approximate surface area is 204 Å². The number of fused-ring (bicyclic) bond motifs is 1. The first-order chi connectivity index (χ1) is 16.7. The van der Waals surface area contributed by atoms with Crippen molar-refractivity contribution >= 4 is 33.9 Å². The number of aryl methyl sites for hydroxylation is 1. The van der Waals surface area contributed by atoms with Crippen LogP contribution in [0.3, 0.4) is 0 Å². The van der Waals surface area contributed by atoms with Gasteiger partial charge in [0.2, 0.25) is 5.91 Å². The molecule has 2 aromatic heterocycles. The van der Waals surface area contributed by atoms with Crippen LogP contribution in [0.2, 0.25) is 0 Å². The molecule has 2 N–H and O–H groups in total. The Bertz CT molecular complexity index is 1330. The number of halogens is 1. The maximum absolute atomic E-state index is 13.4. The largest absolute Gasteiger partial charge is 0.411 e. The summed E-state index contributed by atoms with van der Waals surface area (Å²) < 4.78 is 14.7. The van der Waals surface area contributed by atoms with E-state index in [-0.39, 0.29) is 17.8 Å². The van der Waals surface area contributed by atoms with Gasteiger partial charge in [-0.25, -0.2) is 9.37 Å². The fourth-order valence-corrected chi connectivity index (χ4v) is 4.13. The molecule has 186 valence electrons. The van der Waals surface area contributed by atoms with Crippen molar-refractivity contribution in [3.8, 4) is 0 Å². The van der Waals surface area contributed by atoms with Crippen molar-refractivity contribution in [3.63, 3.8) is 0 Å². The minimum atomic E-state index is -1.09. The SMILES string of the molecule is C\C=C(/C(C)=C\C(C(\CC)=N/O)=C(/C)CC)c1cc2cnc(NC(=O)C3CC3F)cc2n(C)c1=O. The molecule has 0 saturated heterocycles. The zero-order valence-electron chi connectivity index (χ0n) is 21.1. The van der Waals surface area contributed by atoms with Crippen molar-refractivity contribution in [2.75, 3.05) is 5.32 Å². The number of amides is 1. The molecule has 2 unspecified atom stereocenters. The first-order valence-electron chi connectivity index (χ1n) is 11.9. The molecule has 1 aliphatic carbocycles. The molecule has 2 aromatic rings. The van der Waals surface area contributed by atoms with Gasteiger partial charge in [-0.15, -0.1) is 0 Å². The summed E-state index contributed by atoms with van der Waals surface area (Å²) in [6.07, 6.45) is 5.97. The van der Waals surface area contributed by atoms with Crippen LogP contribution in [-0.2, 0) is 11.8 Å². The number of aromatic nitrogens is 2. The quantitative estimate of drug-likeness (QED) is 0.224. The van der Waals surface area contributed by atoms with Gasteiger partial charge < -0.3 is 15.1 Å². The molecular formula is C27H33FN4O3. The van der Waals surface area contributed by atoms with Crippen LogP contribution in [0.5, 0.6) is 0 Å². The number of hydrogen-bond donors (Lipinski definition) is 2. The van der Waals surface area contributed by atoms with E-state index in [4.69, 9.17) is 0 Å². The highest BCUT2D eigenvalue weighted by atomic mass is 19.1. The van der Waals surface area contributed by atoms with Gasteiger partial charge in [-0.3, -0.25) is 9.59 Å². The maximum atomic E-state index is 13.4. The van der Waals surface area contributed by atoms with E-state index in [1.54, 1.807) is 25.4 Å². The highest BCUT2D eigenvalue weighted by Crippen LogP contribution is 2.34. The second kappa shape index (κ2) is 10.8. The van der Waals surface area contributed by atoms with E-state index in [1.165, 1.54) is 4.57 Å². The molecule has 1 saturated carbocycles. The van der Waals surface area contributed by atoms with Crippen LogP contribution < -0.4 is 10.9 Å². The molecule has 1 fully saturated rings. The number of nitrogens with zero attached hydrogens (tertiary/aromatic N) is 3. The molecule has 35 heavy (non-hydrogen) atoms. The lowest BCUT2D eigenvalue weighted by molar-refractivity contribution is -0.117. The summed E-state index contributed by atoms with van der Waals surface area (Å²) in [4.78, 5) is 29.7. The average molecular weight is 481 g/mol. The number of rotatable bonds is 8. The Morgan fingerprint density at radius 3 is 2.54 bits per heavy atom. The summed E-state index contributed by atoms with van der Waals surface area (Å²) in [7, 11) is 1.67. The van der Waals surface area contributed by atoms with E-state index in [1.807, 2.05) is 46.8 Å². The molecule has 2 atom stereocenters. The van der Waals surface area contributed by atoms with E-state index < -0.39 is 18.0 Å². The number of allylic oxidation sites excluding steroid dienone is 6. The monoisotopic (exact) mass is 480 g/mol. The van der Waals surface area contributed by atoms with Gasteiger partial charge in [-0.1, -0.05) is 30.7 Å². The molecule has 3 rings (SSSR count). The second-order valence-corrected chi connectivity index (χ2v) is 8.88. The number of oxime groups is 1. The van der Waals surface area contributed by atoms with Crippen molar-refractivity contribution in [3.05, 3.63) is 63.1 Å². The van der Waals surface area contributed by atoms with Gasteiger partial charge in [-0.2, -0.15) is 0 Å². The number of pyridine rings is 2. The normalized spacial score (nSPS) is 19.6. The molecule has 0 spiro atoms. The van der Waals surface area contributed by atoms with Gasteiger partial charge in [0.15, 0.2) is 0 Å². The second-order valence-electron chi connectivity index (χ2n) is 8.88. The van der Waals surface area contributed by atoms with Crippen molar-refractivity contribution in [1.82, 2.24) is 9.55 Å². The summed E-state index contributed by atoms with van der Waals surface area (Å²) in [5.74, 6) is -0.732. The van der Waals surface area contributed by atoms with Crippen LogP contribution >= 0.6 is 0 Å². The van der Waals surface area contributed by atoms with Crippen LogP contribution in [0.1, 0.15) is 59.4 Å². The first kappa shape index (κ1) is 26.1. The smallest absolute Gasteiger partial charge is 0.258 e. The summed E-state index contributed by atoms with van der Waals surface area (Å²) >= 11 is 0. The fourth-order valence-electron chi connectivity index (χ4n) is 4.13. The Hall–Kier alpha value is -3.55. The number of carbonyl (C=O) groups is 1. The van der Waals surface area contributed by atoms with Crippen molar-refractivity contribution in [2.45, 2.75) is 60.1 Å². The van der Waals surface area contributed by atoms with E-state index >= 15 is 0 Å². The van der Waals surface area contributed by atoms with Crippen LogP contribution in [-0.4, -0.2) is 32.5 Å². The third-order valence-corrected chi connectivity index (χ3v) is 6.53. The van der Waals surface area contributed by atoms with Crippen LogP contribution in [0.15, 0.2) is 57.2 Å². The lowest BCUT2D eigenvalue weighted by Gasteiger charge is -2.15. The Kier molecular flexibility index (Phi) is 8.04. The maximum Gasteiger partial charge on any atom is 0.258 e. The van der Waals surface area contributed by atoms with Crippen LogP contribution in [0.25, 0.3) is 16.5 Å². The van der Waals surface area contributed by atoms with Gasteiger partial charge in [0.25, 0.3) is 5.56 Å². The van der Waals surface area contributed by atoms with Gasteiger partial charge in [-0.05, 0) is 68.9 Å². The molecule has 7 nitrogen and oxygen atoms in total. The van der Waals surface area contributed by atoms with Crippen LogP contribution in [0.4, 0.5) is 10.2 Å². The van der Waals surface area contributed by atoms with Gasteiger partial charge in [0.05, 0.1) is 17.1 Å². The predicted molar refractivity (Wildman–Crippen MR) is 139 cm³/mol. The molecule has 0 aliphatic heterocycles. The molecule has 1 aliphatic rings. The Morgan fingerprint density at radius 1 is 1.31 bits per heavy atom. The van der Waals surface area contributed by atoms with Crippen molar-refractivity contribution in [1.29, 1.82) is 0 Å². The Morgan fingerprint density at radius 2 is 2.00 bits per heavy atom. The molecule has 0 radical (unpaired) electrons. The summed E-state index contributed by atoms with van der Waals surface area (Å²) in [6, 6.07) is 3.42. The number of hydrogen-bond acceptors (Lipinski definition) is 5. The number of alkyl halides is 1. The standard InChI is InChI=1S/C27H33FN4O3/c1-7-15(4)19(23(9-3)31-35)10-16(5)18(8-2)20-11-17-14-29-25(13-24(17)32(6)27(20)34)30-26(33)21-12-22(21)28/h8,10-11,13-14,21-22,35H,7,9,12H2,1-6H3,(H,29,30,33)/b16-10-,18-8+,19-15-,31-23-. The highest BCUT2D eigenvalue weighted by Gasteiger charge is 2.43. The van der Waals surface area contributed by atoms with Crippen LogP contribution in [0, 0.1) is 5.92 Å². The summed E-state index contributed by atoms with van der Waals surface area (Å²) in [5, 5.41) is 16.3. The summed E-state index contributed by atoms with van der Waals surface area (Å²) in [6.45, 7) is 9.78. The molecule has 0 bridgehead atoms. The lowest BCUT2D eigenvalue weighted by Crippen LogP contribution is -2.22. The van der Waals surface area contributed by atoms with E-state index in [2.05, 4.69) is 15.5 Å². The molecule has 8 heteroatoms. The zero-order valence-corrected chi connectivity index (χ0v) is 21.1. The fraction of sp³-hybridized carbons (Fsp3) is 0.407. The molecule has 2 heterocycles. The minimum absolute atomic E-state index is 0.197. The van der Waals surface area contributed by atoms with Gasteiger partial charge in [0.1, 0.15) is 12.0 Å².